The maximum absolute atomic E-state index is 10.9. The van der Waals surface area contributed by atoms with Gasteiger partial charge in [0.1, 0.15) is 0 Å². The van der Waals surface area contributed by atoms with E-state index in [9.17, 15) is 9.59 Å². The number of carbonyl (C=O) groups is 2. The first-order valence-electron chi connectivity index (χ1n) is 3.52. The number of esters is 2. The highest BCUT2D eigenvalue weighted by Gasteiger charge is 2.35. The normalized spacial score (nSPS) is 26.5. The van der Waals surface area contributed by atoms with Crippen molar-refractivity contribution < 1.29 is 14.3 Å². The van der Waals surface area contributed by atoms with E-state index in [2.05, 4.69) is 11.3 Å². The van der Waals surface area contributed by atoms with Crippen LogP contribution in [0.25, 0.3) is 0 Å². The first kappa shape index (κ1) is 7.98. The molecule has 0 saturated carbocycles. The van der Waals surface area contributed by atoms with E-state index >= 15 is 0 Å². The fourth-order valence-corrected chi connectivity index (χ4v) is 1.06. The molecule has 0 bridgehead atoms. The van der Waals surface area contributed by atoms with Crippen LogP contribution in [-0.4, -0.2) is 11.9 Å². The highest BCUT2D eigenvalue weighted by molar-refractivity contribution is 5.94. The minimum atomic E-state index is -0.422. The third-order valence-corrected chi connectivity index (χ3v) is 1.91. The third-order valence-electron chi connectivity index (χ3n) is 1.91. The molecule has 60 valence electrons. The molecule has 3 heteroatoms. The Morgan fingerprint density at radius 3 is 2.73 bits per heavy atom. The lowest BCUT2D eigenvalue weighted by Crippen LogP contribution is -2.14. The van der Waals surface area contributed by atoms with Crippen LogP contribution < -0.4 is 0 Å². The fraction of sp³-hybridized carbons (Fsp3) is 0.500. The van der Waals surface area contributed by atoms with Gasteiger partial charge in [0.2, 0.25) is 0 Å². The molecule has 0 aromatic heterocycles. The molecule has 11 heavy (non-hydrogen) atoms. The predicted molar refractivity (Wildman–Crippen MR) is 38.6 cm³/mol. The van der Waals surface area contributed by atoms with E-state index in [4.69, 9.17) is 0 Å². The Kier molecular flexibility index (Phi) is 2.08. The van der Waals surface area contributed by atoms with Gasteiger partial charge in [-0.15, -0.1) is 6.58 Å². The zero-order chi connectivity index (χ0) is 8.43. The van der Waals surface area contributed by atoms with Crippen molar-refractivity contribution in [3.63, 3.8) is 0 Å². The molecule has 0 spiro atoms. The monoisotopic (exact) mass is 154 g/mol. The second kappa shape index (κ2) is 2.86. The molecular formula is C8H10O3. The van der Waals surface area contributed by atoms with Crippen LogP contribution in [0.4, 0.5) is 0 Å². The fourth-order valence-electron chi connectivity index (χ4n) is 1.06. The Labute approximate surface area is 65.0 Å². The van der Waals surface area contributed by atoms with Crippen LogP contribution in [0.5, 0.6) is 0 Å². The van der Waals surface area contributed by atoms with E-state index < -0.39 is 11.9 Å². The van der Waals surface area contributed by atoms with Crippen molar-refractivity contribution >= 4 is 11.9 Å². The predicted octanol–water partition coefficient (Wildman–Crippen LogP) is 0.898. The maximum atomic E-state index is 10.9. The van der Waals surface area contributed by atoms with Crippen LogP contribution in [-0.2, 0) is 14.3 Å². The molecule has 1 saturated heterocycles. The molecule has 0 N–H and O–H groups in total. The van der Waals surface area contributed by atoms with Crippen molar-refractivity contribution in [2.75, 3.05) is 0 Å². The minimum absolute atomic E-state index is 0.0222. The van der Waals surface area contributed by atoms with Crippen molar-refractivity contribution in [1.82, 2.24) is 0 Å². The molecule has 1 rings (SSSR count). The van der Waals surface area contributed by atoms with E-state index in [0.29, 0.717) is 0 Å². The van der Waals surface area contributed by atoms with Crippen LogP contribution in [0.15, 0.2) is 12.7 Å². The SMILES string of the molecule is C=CC(C)C1CC(=O)OC1=O. The quantitative estimate of drug-likeness (QED) is 0.337. The average molecular weight is 154 g/mol. The van der Waals surface area contributed by atoms with Crippen molar-refractivity contribution in [1.29, 1.82) is 0 Å². The van der Waals surface area contributed by atoms with Crippen molar-refractivity contribution in [3.05, 3.63) is 12.7 Å². The molecule has 2 unspecified atom stereocenters. The second-order valence-corrected chi connectivity index (χ2v) is 2.70. The number of hydrogen-bond acceptors (Lipinski definition) is 3. The summed E-state index contributed by atoms with van der Waals surface area (Å²) in [6.07, 6.45) is 1.86. The molecule has 0 aliphatic carbocycles. The Balaban J connectivity index is 2.66. The van der Waals surface area contributed by atoms with Gasteiger partial charge in [-0.1, -0.05) is 13.0 Å². The van der Waals surface area contributed by atoms with Crippen LogP contribution in [0.1, 0.15) is 13.3 Å². The number of rotatable bonds is 2. The smallest absolute Gasteiger partial charge is 0.317 e. The lowest BCUT2D eigenvalue weighted by molar-refractivity contribution is -0.153. The second-order valence-electron chi connectivity index (χ2n) is 2.70. The Morgan fingerprint density at radius 1 is 1.73 bits per heavy atom. The van der Waals surface area contributed by atoms with E-state index in [1.807, 2.05) is 6.92 Å². The van der Waals surface area contributed by atoms with E-state index in [1.165, 1.54) is 0 Å². The highest BCUT2D eigenvalue weighted by atomic mass is 16.6. The Bertz CT molecular complexity index is 207. The summed E-state index contributed by atoms with van der Waals surface area (Å²) in [5.41, 5.74) is 0. The van der Waals surface area contributed by atoms with Gasteiger partial charge in [-0.05, 0) is 5.92 Å². The topological polar surface area (TPSA) is 43.4 Å². The van der Waals surface area contributed by atoms with E-state index in [0.717, 1.165) is 0 Å². The van der Waals surface area contributed by atoms with Gasteiger partial charge in [0.15, 0.2) is 0 Å². The summed E-state index contributed by atoms with van der Waals surface area (Å²) in [7, 11) is 0. The van der Waals surface area contributed by atoms with Crippen LogP contribution in [0, 0.1) is 11.8 Å². The summed E-state index contributed by atoms with van der Waals surface area (Å²) < 4.78 is 4.37. The molecule has 1 heterocycles. The first-order valence-corrected chi connectivity index (χ1v) is 3.52. The van der Waals surface area contributed by atoms with Crippen LogP contribution in [0.2, 0.25) is 0 Å². The number of hydrogen-bond donors (Lipinski definition) is 0. The van der Waals surface area contributed by atoms with Gasteiger partial charge in [0.05, 0.1) is 12.3 Å². The summed E-state index contributed by atoms with van der Waals surface area (Å²) in [5, 5.41) is 0. The van der Waals surface area contributed by atoms with E-state index in [1.54, 1.807) is 6.08 Å². The summed E-state index contributed by atoms with van der Waals surface area (Å²) in [6.45, 7) is 5.39. The molecule has 1 aliphatic rings. The number of cyclic esters (lactones) is 2. The van der Waals surface area contributed by atoms with Crippen LogP contribution >= 0.6 is 0 Å². The lowest BCUT2D eigenvalue weighted by Gasteiger charge is -2.07. The molecular weight excluding hydrogens is 144 g/mol. The number of carbonyl (C=O) groups excluding carboxylic acids is 2. The van der Waals surface area contributed by atoms with Gasteiger partial charge in [-0.25, -0.2) is 0 Å². The Morgan fingerprint density at radius 2 is 2.36 bits per heavy atom. The number of ether oxygens (including phenoxy) is 1. The van der Waals surface area contributed by atoms with Crippen molar-refractivity contribution in [2.24, 2.45) is 11.8 Å². The summed E-state index contributed by atoms with van der Waals surface area (Å²) >= 11 is 0. The maximum Gasteiger partial charge on any atom is 0.317 e. The van der Waals surface area contributed by atoms with Crippen LogP contribution in [0.3, 0.4) is 0 Å². The Hall–Kier alpha value is -1.12. The average Bonchev–Trinajstić information content (AvgIpc) is 2.28. The van der Waals surface area contributed by atoms with Gasteiger partial charge in [-0.2, -0.15) is 0 Å². The molecule has 0 radical (unpaired) electrons. The van der Waals surface area contributed by atoms with E-state index in [-0.39, 0.29) is 18.3 Å². The molecule has 0 aromatic rings. The lowest BCUT2D eigenvalue weighted by atomic mass is 9.93. The summed E-state index contributed by atoms with van der Waals surface area (Å²) in [4.78, 5) is 21.5. The van der Waals surface area contributed by atoms with Crippen molar-refractivity contribution in [3.8, 4) is 0 Å². The third kappa shape index (κ3) is 1.48. The first-order chi connectivity index (χ1) is 5.15. The van der Waals surface area contributed by atoms with Gasteiger partial charge in [-0.3, -0.25) is 9.59 Å². The van der Waals surface area contributed by atoms with Gasteiger partial charge in [0.25, 0.3) is 0 Å². The molecule has 1 aliphatic heterocycles. The summed E-state index contributed by atoms with van der Waals surface area (Å²) in [5.74, 6) is -1.12. The molecule has 0 aromatic carbocycles. The number of allylic oxidation sites excluding steroid dienone is 1. The standard InChI is InChI=1S/C8H10O3/c1-3-5(2)6-4-7(9)11-8(6)10/h3,5-6H,1,4H2,2H3. The van der Waals surface area contributed by atoms with Crippen molar-refractivity contribution in [2.45, 2.75) is 13.3 Å². The highest BCUT2D eigenvalue weighted by Crippen LogP contribution is 2.24. The zero-order valence-electron chi connectivity index (χ0n) is 6.37. The van der Waals surface area contributed by atoms with Gasteiger partial charge in [0, 0.05) is 0 Å². The molecule has 0 amide bonds. The summed E-state index contributed by atoms with van der Waals surface area (Å²) in [6, 6.07) is 0. The molecule has 2 atom stereocenters. The minimum Gasteiger partial charge on any atom is -0.393 e. The zero-order valence-corrected chi connectivity index (χ0v) is 6.37. The molecule has 3 nitrogen and oxygen atoms in total. The largest absolute Gasteiger partial charge is 0.393 e. The van der Waals surface area contributed by atoms with Gasteiger partial charge >= 0.3 is 11.9 Å². The molecule has 1 fully saturated rings. The van der Waals surface area contributed by atoms with Gasteiger partial charge < -0.3 is 4.74 Å².